The number of hydrogen-bond donors (Lipinski definition) is 2. The quantitative estimate of drug-likeness (QED) is 0.754. The maximum atomic E-state index is 12.8. The van der Waals surface area contributed by atoms with Crippen LogP contribution in [-0.4, -0.2) is 61.9 Å². The van der Waals surface area contributed by atoms with Crippen molar-refractivity contribution in [2.45, 2.75) is 6.04 Å². The Balaban J connectivity index is 1.37. The second-order valence-corrected chi connectivity index (χ2v) is 7.49. The molecule has 0 bridgehead atoms. The van der Waals surface area contributed by atoms with Crippen LogP contribution in [0.2, 0.25) is 5.02 Å². The summed E-state index contributed by atoms with van der Waals surface area (Å²) in [4.78, 5) is 40.3. The van der Waals surface area contributed by atoms with Crippen molar-refractivity contribution < 1.29 is 23.9 Å². The molecule has 9 nitrogen and oxygen atoms in total. The SMILES string of the molecule is O=C(Nc1ccc(N2CCOCC2=O)cc1)[C@@H]1COCN1C(=O)Nc1ccc(Cl)cc1. The molecule has 162 valence electrons. The summed E-state index contributed by atoms with van der Waals surface area (Å²) in [5, 5.41) is 6.08. The first-order valence-electron chi connectivity index (χ1n) is 9.71. The lowest BCUT2D eigenvalue weighted by molar-refractivity contribution is -0.125. The number of benzene rings is 2. The molecule has 2 aliphatic rings. The molecule has 4 amide bonds. The molecule has 2 saturated heterocycles. The van der Waals surface area contributed by atoms with Crippen molar-refractivity contribution in [1.82, 2.24) is 4.90 Å². The Morgan fingerprint density at radius 3 is 2.35 bits per heavy atom. The van der Waals surface area contributed by atoms with Gasteiger partial charge < -0.3 is 25.0 Å². The second kappa shape index (κ2) is 9.34. The summed E-state index contributed by atoms with van der Waals surface area (Å²) in [7, 11) is 0. The fourth-order valence-electron chi connectivity index (χ4n) is 3.33. The van der Waals surface area contributed by atoms with Crippen LogP contribution in [0.3, 0.4) is 0 Å². The zero-order valence-electron chi connectivity index (χ0n) is 16.5. The number of halogens is 1. The summed E-state index contributed by atoms with van der Waals surface area (Å²) < 4.78 is 10.5. The van der Waals surface area contributed by atoms with Gasteiger partial charge in [-0.3, -0.25) is 14.5 Å². The van der Waals surface area contributed by atoms with Gasteiger partial charge in [-0.2, -0.15) is 0 Å². The molecule has 0 aliphatic carbocycles. The molecule has 10 heteroatoms. The molecule has 0 spiro atoms. The summed E-state index contributed by atoms with van der Waals surface area (Å²) in [5.41, 5.74) is 1.85. The number of hydrogen-bond acceptors (Lipinski definition) is 5. The van der Waals surface area contributed by atoms with Crippen LogP contribution in [0.1, 0.15) is 0 Å². The third kappa shape index (κ3) is 4.96. The lowest BCUT2D eigenvalue weighted by atomic mass is 10.2. The molecule has 0 aromatic heterocycles. The summed E-state index contributed by atoms with van der Waals surface area (Å²) >= 11 is 5.86. The zero-order chi connectivity index (χ0) is 21.8. The molecule has 2 heterocycles. The molecule has 0 radical (unpaired) electrons. The predicted molar refractivity (Wildman–Crippen MR) is 115 cm³/mol. The molecule has 2 aromatic carbocycles. The topological polar surface area (TPSA) is 100 Å². The van der Waals surface area contributed by atoms with E-state index in [1.165, 1.54) is 4.90 Å². The lowest BCUT2D eigenvalue weighted by Gasteiger charge is -2.27. The molecule has 2 N–H and O–H groups in total. The first-order chi connectivity index (χ1) is 15.0. The Bertz CT molecular complexity index is 967. The van der Waals surface area contributed by atoms with Gasteiger partial charge in [-0.25, -0.2) is 4.79 Å². The Morgan fingerprint density at radius 2 is 1.65 bits per heavy atom. The molecule has 2 fully saturated rings. The number of morpholine rings is 1. The summed E-state index contributed by atoms with van der Waals surface area (Å²) in [6, 6.07) is 12.4. The number of urea groups is 1. The minimum Gasteiger partial charge on any atom is -0.370 e. The van der Waals surface area contributed by atoms with Crippen LogP contribution in [0, 0.1) is 0 Å². The van der Waals surface area contributed by atoms with E-state index in [1.54, 1.807) is 53.4 Å². The second-order valence-electron chi connectivity index (χ2n) is 7.06. The van der Waals surface area contributed by atoms with E-state index in [4.69, 9.17) is 21.1 Å². The van der Waals surface area contributed by atoms with Crippen molar-refractivity contribution in [3.8, 4) is 0 Å². The average Bonchev–Trinajstić information content (AvgIpc) is 3.27. The largest absolute Gasteiger partial charge is 0.370 e. The standard InChI is InChI=1S/C21H21ClN4O5/c22-14-1-3-16(4-2-14)24-21(29)26-13-31-11-18(26)20(28)23-15-5-7-17(8-6-15)25-9-10-30-12-19(25)27/h1-8,18H,9-13H2,(H,23,28)(H,24,29)/t18-/m0/s1. The molecule has 31 heavy (non-hydrogen) atoms. The summed E-state index contributed by atoms with van der Waals surface area (Å²) in [5.74, 6) is -0.465. The molecular weight excluding hydrogens is 424 g/mol. The molecule has 2 aliphatic heterocycles. The number of rotatable bonds is 4. The monoisotopic (exact) mass is 444 g/mol. The van der Waals surface area contributed by atoms with Crippen LogP contribution in [0.15, 0.2) is 48.5 Å². The van der Waals surface area contributed by atoms with E-state index in [1.807, 2.05) is 0 Å². The van der Waals surface area contributed by atoms with Gasteiger partial charge in [0.05, 0.1) is 13.2 Å². The molecule has 4 rings (SSSR count). The van der Waals surface area contributed by atoms with Gasteiger partial charge in [0, 0.05) is 28.6 Å². The Morgan fingerprint density at radius 1 is 0.968 bits per heavy atom. The number of nitrogens with zero attached hydrogens (tertiary/aromatic N) is 2. The Hall–Kier alpha value is -3.14. The minimum atomic E-state index is -0.771. The number of amides is 4. The number of carbonyl (C=O) groups is 3. The Kier molecular flexibility index (Phi) is 6.36. The normalized spacial score (nSPS) is 18.7. The third-order valence-electron chi connectivity index (χ3n) is 4.97. The van der Waals surface area contributed by atoms with Gasteiger partial charge in [0.15, 0.2) is 0 Å². The van der Waals surface area contributed by atoms with E-state index >= 15 is 0 Å². The third-order valence-corrected chi connectivity index (χ3v) is 5.23. The average molecular weight is 445 g/mol. The molecule has 2 aromatic rings. The predicted octanol–water partition coefficient (Wildman–Crippen LogP) is 2.53. The van der Waals surface area contributed by atoms with Crippen LogP contribution in [-0.2, 0) is 19.1 Å². The zero-order valence-corrected chi connectivity index (χ0v) is 17.3. The minimum absolute atomic E-state index is 0.00951. The molecular formula is C21H21ClN4O5. The van der Waals surface area contributed by atoms with Gasteiger partial charge in [0.25, 0.3) is 5.91 Å². The van der Waals surface area contributed by atoms with Gasteiger partial charge >= 0.3 is 6.03 Å². The van der Waals surface area contributed by atoms with Crippen LogP contribution in [0.5, 0.6) is 0 Å². The molecule has 0 unspecified atom stereocenters. The van der Waals surface area contributed by atoms with Crippen LogP contribution >= 0.6 is 11.6 Å². The van der Waals surface area contributed by atoms with Crippen LogP contribution < -0.4 is 15.5 Å². The van der Waals surface area contributed by atoms with Crippen molar-refractivity contribution in [2.24, 2.45) is 0 Å². The van der Waals surface area contributed by atoms with Crippen LogP contribution in [0.25, 0.3) is 0 Å². The van der Waals surface area contributed by atoms with Gasteiger partial charge in [0.1, 0.15) is 19.4 Å². The highest BCUT2D eigenvalue weighted by Crippen LogP contribution is 2.21. The van der Waals surface area contributed by atoms with Gasteiger partial charge in [-0.1, -0.05) is 11.6 Å². The highest BCUT2D eigenvalue weighted by molar-refractivity contribution is 6.30. The number of anilines is 3. The summed E-state index contributed by atoms with van der Waals surface area (Å²) in [6.45, 7) is 1.14. The van der Waals surface area contributed by atoms with Gasteiger partial charge in [-0.05, 0) is 48.5 Å². The first-order valence-corrected chi connectivity index (χ1v) is 10.1. The van der Waals surface area contributed by atoms with E-state index in [2.05, 4.69) is 10.6 Å². The first kappa shape index (κ1) is 21.1. The number of nitrogens with one attached hydrogen (secondary N) is 2. The van der Waals surface area contributed by atoms with Crippen molar-refractivity contribution in [3.05, 3.63) is 53.6 Å². The van der Waals surface area contributed by atoms with E-state index < -0.39 is 12.1 Å². The fraction of sp³-hybridized carbons (Fsp3) is 0.286. The molecule has 1 atom stereocenters. The highest BCUT2D eigenvalue weighted by Gasteiger charge is 2.35. The molecule has 0 saturated carbocycles. The van der Waals surface area contributed by atoms with E-state index in [0.717, 1.165) is 5.69 Å². The van der Waals surface area contributed by atoms with E-state index in [9.17, 15) is 14.4 Å². The van der Waals surface area contributed by atoms with Crippen molar-refractivity contribution in [3.63, 3.8) is 0 Å². The maximum absolute atomic E-state index is 12.8. The van der Waals surface area contributed by atoms with E-state index in [0.29, 0.717) is 29.5 Å². The number of ether oxygens (including phenoxy) is 2. The number of carbonyl (C=O) groups excluding carboxylic acids is 3. The van der Waals surface area contributed by atoms with Gasteiger partial charge in [-0.15, -0.1) is 0 Å². The van der Waals surface area contributed by atoms with Crippen LogP contribution in [0.4, 0.5) is 21.9 Å². The fourth-order valence-corrected chi connectivity index (χ4v) is 3.46. The smallest absolute Gasteiger partial charge is 0.324 e. The van der Waals surface area contributed by atoms with Gasteiger partial charge in [0.2, 0.25) is 5.91 Å². The summed E-state index contributed by atoms with van der Waals surface area (Å²) in [6.07, 6.45) is 0. The van der Waals surface area contributed by atoms with E-state index in [-0.39, 0.29) is 31.8 Å². The van der Waals surface area contributed by atoms with Crippen molar-refractivity contribution >= 4 is 46.5 Å². The van der Waals surface area contributed by atoms with Crippen molar-refractivity contribution in [2.75, 3.05) is 48.6 Å². The highest BCUT2D eigenvalue weighted by atomic mass is 35.5. The Labute approximate surface area is 183 Å². The maximum Gasteiger partial charge on any atom is 0.324 e. The van der Waals surface area contributed by atoms with Crippen molar-refractivity contribution in [1.29, 1.82) is 0 Å². The lowest BCUT2D eigenvalue weighted by Crippen LogP contribution is -2.46.